The first-order chi connectivity index (χ1) is 7.04. The van der Waals surface area contributed by atoms with Gasteiger partial charge in [0.25, 0.3) is 0 Å². The van der Waals surface area contributed by atoms with Crippen LogP contribution in [0.5, 0.6) is 0 Å². The molecule has 1 aromatic rings. The molecule has 0 radical (unpaired) electrons. The zero-order valence-corrected chi connectivity index (χ0v) is 11.1. The number of methoxy groups -OCH3 is 1. The number of esters is 1. The highest BCUT2D eigenvalue weighted by atomic mass is 79.9. The second-order valence-corrected chi connectivity index (χ2v) is 4.46. The summed E-state index contributed by atoms with van der Waals surface area (Å²) < 4.78 is 6.04. The van der Waals surface area contributed by atoms with Crippen LogP contribution >= 0.6 is 31.9 Å². The highest BCUT2D eigenvalue weighted by molar-refractivity contribution is 9.11. The van der Waals surface area contributed by atoms with E-state index < -0.39 is 0 Å². The van der Waals surface area contributed by atoms with E-state index in [2.05, 4.69) is 36.6 Å². The van der Waals surface area contributed by atoms with E-state index in [1.54, 1.807) is 6.08 Å². The fraction of sp³-hybridized carbons (Fsp3) is 0.100. The number of hydrogen-bond donors (Lipinski definition) is 1. The summed E-state index contributed by atoms with van der Waals surface area (Å²) in [5, 5.41) is 0. The summed E-state index contributed by atoms with van der Waals surface area (Å²) in [6.45, 7) is 0. The lowest BCUT2D eigenvalue weighted by molar-refractivity contribution is -0.134. The lowest BCUT2D eigenvalue weighted by Crippen LogP contribution is -1.93. The van der Waals surface area contributed by atoms with Crippen molar-refractivity contribution < 1.29 is 9.53 Å². The minimum absolute atomic E-state index is 0.390. The number of anilines is 1. The Morgan fingerprint density at radius 2 is 1.93 bits per heavy atom. The molecule has 0 spiro atoms. The van der Waals surface area contributed by atoms with Crippen molar-refractivity contribution in [1.29, 1.82) is 0 Å². The first-order valence-corrected chi connectivity index (χ1v) is 5.63. The maximum absolute atomic E-state index is 10.9. The summed E-state index contributed by atoms with van der Waals surface area (Å²) in [6, 6.07) is 3.64. The van der Waals surface area contributed by atoms with Gasteiger partial charge in [0.2, 0.25) is 0 Å². The molecule has 0 atom stereocenters. The molecule has 5 heteroatoms. The molecular weight excluding hydrogens is 326 g/mol. The number of halogens is 2. The number of carbonyl (C=O) groups is 1. The number of ether oxygens (including phenoxy) is 1. The van der Waals surface area contributed by atoms with Crippen LogP contribution in [0.1, 0.15) is 5.56 Å². The van der Waals surface area contributed by atoms with Gasteiger partial charge in [0.05, 0.1) is 12.8 Å². The van der Waals surface area contributed by atoms with Gasteiger partial charge in [0, 0.05) is 15.0 Å². The van der Waals surface area contributed by atoms with Crippen molar-refractivity contribution in [1.82, 2.24) is 0 Å². The van der Waals surface area contributed by atoms with E-state index in [-0.39, 0.29) is 5.97 Å². The smallest absolute Gasteiger partial charge is 0.330 e. The average molecular weight is 335 g/mol. The molecule has 15 heavy (non-hydrogen) atoms. The number of nitrogen functional groups attached to an aromatic ring is 1. The van der Waals surface area contributed by atoms with E-state index >= 15 is 0 Å². The first-order valence-electron chi connectivity index (χ1n) is 4.05. The number of rotatable bonds is 2. The summed E-state index contributed by atoms with van der Waals surface area (Å²) in [5.74, 6) is -0.390. The third-order valence-electron chi connectivity index (χ3n) is 1.71. The predicted octanol–water partition coefficient (Wildman–Crippen LogP) is 2.98. The maximum Gasteiger partial charge on any atom is 0.330 e. The Bertz CT molecular complexity index is 393. The van der Waals surface area contributed by atoms with Gasteiger partial charge in [0.15, 0.2) is 0 Å². The zero-order valence-electron chi connectivity index (χ0n) is 7.96. The molecule has 0 heterocycles. The molecule has 0 aliphatic rings. The topological polar surface area (TPSA) is 52.3 Å². The third-order valence-corrected chi connectivity index (χ3v) is 3.03. The Labute approximate surface area is 105 Å². The molecule has 0 saturated heterocycles. The van der Waals surface area contributed by atoms with E-state index in [4.69, 9.17) is 5.73 Å². The SMILES string of the molecule is COC(=O)/C=C/c1cc(Br)c(N)c(Br)c1. The third kappa shape index (κ3) is 3.35. The van der Waals surface area contributed by atoms with Gasteiger partial charge >= 0.3 is 5.97 Å². The van der Waals surface area contributed by atoms with Crippen molar-refractivity contribution in [2.24, 2.45) is 0 Å². The maximum atomic E-state index is 10.9. The van der Waals surface area contributed by atoms with Crippen LogP contribution in [0.3, 0.4) is 0 Å². The predicted molar refractivity (Wildman–Crippen MR) is 67.3 cm³/mol. The Balaban J connectivity index is 2.97. The lowest BCUT2D eigenvalue weighted by atomic mass is 10.2. The van der Waals surface area contributed by atoms with Gasteiger partial charge in [-0.05, 0) is 55.6 Å². The number of nitrogens with two attached hydrogens (primary N) is 1. The van der Waals surface area contributed by atoms with Gasteiger partial charge in [-0.1, -0.05) is 0 Å². The first kappa shape index (κ1) is 12.3. The van der Waals surface area contributed by atoms with Crippen LogP contribution < -0.4 is 5.73 Å². The molecule has 0 fully saturated rings. The molecule has 80 valence electrons. The van der Waals surface area contributed by atoms with Crippen molar-refractivity contribution in [3.8, 4) is 0 Å². The van der Waals surface area contributed by atoms with E-state index in [0.29, 0.717) is 5.69 Å². The van der Waals surface area contributed by atoms with Gasteiger partial charge in [-0.3, -0.25) is 0 Å². The van der Waals surface area contributed by atoms with Crippen LogP contribution in [-0.4, -0.2) is 13.1 Å². The number of carbonyl (C=O) groups excluding carboxylic acids is 1. The molecule has 0 unspecified atom stereocenters. The summed E-state index contributed by atoms with van der Waals surface area (Å²) in [6.07, 6.45) is 3.01. The molecule has 0 saturated carbocycles. The molecular formula is C10H9Br2NO2. The van der Waals surface area contributed by atoms with Crippen molar-refractivity contribution in [3.63, 3.8) is 0 Å². The average Bonchev–Trinajstić information content (AvgIpc) is 2.22. The fourth-order valence-corrected chi connectivity index (χ4v) is 2.15. The van der Waals surface area contributed by atoms with Crippen molar-refractivity contribution in [2.45, 2.75) is 0 Å². The van der Waals surface area contributed by atoms with Gasteiger partial charge < -0.3 is 10.5 Å². The van der Waals surface area contributed by atoms with Crippen LogP contribution in [-0.2, 0) is 9.53 Å². The fourth-order valence-electron chi connectivity index (χ4n) is 0.932. The summed E-state index contributed by atoms with van der Waals surface area (Å²) in [4.78, 5) is 10.9. The van der Waals surface area contributed by atoms with Gasteiger partial charge in [0.1, 0.15) is 0 Å². The Hall–Kier alpha value is -0.810. The van der Waals surface area contributed by atoms with Gasteiger partial charge in [-0.15, -0.1) is 0 Å². The minimum atomic E-state index is -0.390. The standard InChI is InChI=1S/C10H9Br2NO2/c1-15-9(14)3-2-6-4-7(11)10(13)8(12)5-6/h2-5H,13H2,1H3/b3-2+. The van der Waals surface area contributed by atoms with Crippen molar-refractivity contribution in [2.75, 3.05) is 12.8 Å². The van der Waals surface area contributed by atoms with Crippen LogP contribution in [0.2, 0.25) is 0 Å². The highest BCUT2D eigenvalue weighted by Gasteiger charge is 2.02. The quantitative estimate of drug-likeness (QED) is 0.514. The molecule has 3 nitrogen and oxygen atoms in total. The Morgan fingerprint density at radius 3 is 2.40 bits per heavy atom. The zero-order chi connectivity index (χ0) is 11.4. The van der Waals surface area contributed by atoms with E-state index in [1.807, 2.05) is 12.1 Å². The molecule has 0 bridgehead atoms. The van der Waals surface area contributed by atoms with Crippen LogP contribution in [0, 0.1) is 0 Å². The minimum Gasteiger partial charge on any atom is -0.466 e. The summed E-state index contributed by atoms with van der Waals surface area (Å²) in [7, 11) is 1.33. The second-order valence-electron chi connectivity index (χ2n) is 2.75. The monoisotopic (exact) mass is 333 g/mol. The van der Waals surface area contributed by atoms with E-state index in [0.717, 1.165) is 14.5 Å². The number of hydrogen-bond acceptors (Lipinski definition) is 3. The normalized spacial score (nSPS) is 10.6. The Kier molecular flexibility index (Phi) is 4.35. The van der Waals surface area contributed by atoms with Crippen LogP contribution in [0.25, 0.3) is 6.08 Å². The largest absolute Gasteiger partial charge is 0.466 e. The summed E-state index contributed by atoms with van der Waals surface area (Å²) >= 11 is 6.63. The molecule has 0 aromatic heterocycles. The van der Waals surface area contributed by atoms with Gasteiger partial charge in [-0.2, -0.15) is 0 Å². The number of benzene rings is 1. The molecule has 2 N–H and O–H groups in total. The molecule has 0 aliphatic heterocycles. The second kappa shape index (κ2) is 5.32. The van der Waals surface area contributed by atoms with Crippen molar-refractivity contribution in [3.05, 3.63) is 32.7 Å². The van der Waals surface area contributed by atoms with E-state index in [9.17, 15) is 4.79 Å². The Morgan fingerprint density at radius 1 is 1.40 bits per heavy atom. The van der Waals surface area contributed by atoms with Crippen LogP contribution in [0.4, 0.5) is 5.69 Å². The van der Waals surface area contributed by atoms with E-state index in [1.165, 1.54) is 13.2 Å². The van der Waals surface area contributed by atoms with Crippen LogP contribution in [0.15, 0.2) is 27.2 Å². The summed E-state index contributed by atoms with van der Waals surface area (Å²) in [5.41, 5.74) is 7.21. The molecule has 1 rings (SSSR count). The molecule has 1 aromatic carbocycles. The molecule has 0 amide bonds. The van der Waals surface area contributed by atoms with Crippen molar-refractivity contribution >= 4 is 49.6 Å². The molecule has 0 aliphatic carbocycles. The lowest BCUT2D eigenvalue weighted by Gasteiger charge is -2.03. The highest BCUT2D eigenvalue weighted by Crippen LogP contribution is 2.29. The van der Waals surface area contributed by atoms with Gasteiger partial charge in [-0.25, -0.2) is 4.79 Å².